The largest absolute Gasteiger partial charge is 0.389 e. The number of allylic oxidation sites excluding steroid dienone is 1. The van der Waals surface area contributed by atoms with Crippen LogP contribution in [0.2, 0.25) is 0 Å². The van der Waals surface area contributed by atoms with Crippen molar-refractivity contribution < 1.29 is 5.11 Å². The number of rotatable bonds is 4. The molecule has 1 heteroatoms. The van der Waals surface area contributed by atoms with Crippen molar-refractivity contribution in [1.29, 1.82) is 0 Å². The predicted octanol–water partition coefficient (Wildman–Crippen LogP) is 3.63. The topological polar surface area (TPSA) is 20.2 Å². The summed E-state index contributed by atoms with van der Waals surface area (Å²) in [4.78, 5) is 0. The van der Waals surface area contributed by atoms with Crippen molar-refractivity contribution in [2.45, 2.75) is 53.1 Å². The van der Waals surface area contributed by atoms with Gasteiger partial charge in [0.2, 0.25) is 0 Å². The Morgan fingerprint density at radius 2 is 2.00 bits per heavy atom. The quantitative estimate of drug-likeness (QED) is 0.702. The molecule has 0 radical (unpaired) electrons. The lowest BCUT2D eigenvalue weighted by atomic mass is 9.83. The molecule has 0 heterocycles. The van der Waals surface area contributed by atoms with Gasteiger partial charge in [0, 0.05) is 0 Å². The summed E-state index contributed by atoms with van der Waals surface area (Å²) < 4.78 is 0. The van der Waals surface area contributed by atoms with Gasteiger partial charge in [-0.25, -0.2) is 0 Å². The highest BCUT2D eigenvalue weighted by Gasteiger charge is 2.33. The molecule has 0 bridgehead atoms. The zero-order valence-electron chi connectivity index (χ0n) is 10.6. The molecule has 1 rings (SSSR count). The van der Waals surface area contributed by atoms with Crippen LogP contribution in [0, 0.1) is 23.7 Å². The van der Waals surface area contributed by atoms with E-state index in [1.165, 1.54) is 12.8 Å². The SMILES string of the molecule is CCC(O)/C=C\C1C(C)CCC1C(C)C. The Morgan fingerprint density at radius 1 is 1.33 bits per heavy atom. The number of aliphatic hydroxyl groups is 1. The zero-order chi connectivity index (χ0) is 11.4. The van der Waals surface area contributed by atoms with E-state index in [9.17, 15) is 5.11 Å². The highest BCUT2D eigenvalue weighted by molar-refractivity contribution is 5.00. The van der Waals surface area contributed by atoms with Crippen molar-refractivity contribution in [3.05, 3.63) is 12.2 Å². The second kappa shape index (κ2) is 5.69. The summed E-state index contributed by atoms with van der Waals surface area (Å²) in [5.41, 5.74) is 0. The molecule has 0 amide bonds. The van der Waals surface area contributed by atoms with Crippen LogP contribution in [0.15, 0.2) is 12.2 Å². The van der Waals surface area contributed by atoms with Gasteiger partial charge in [0.15, 0.2) is 0 Å². The third-order valence-electron chi connectivity index (χ3n) is 3.94. The Bertz CT molecular complexity index is 207. The fraction of sp³-hybridized carbons (Fsp3) is 0.857. The van der Waals surface area contributed by atoms with Gasteiger partial charge in [0.25, 0.3) is 0 Å². The van der Waals surface area contributed by atoms with Crippen LogP contribution in [0.25, 0.3) is 0 Å². The smallest absolute Gasteiger partial charge is 0.0718 e. The van der Waals surface area contributed by atoms with Gasteiger partial charge >= 0.3 is 0 Å². The third-order valence-corrected chi connectivity index (χ3v) is 3.94. The van der Waals surface area contributed by atoms with E-state index >= 15 is 0 Å². The maximum atomic E-state index is 9.54. The van der Waals surface area contributed by atoms with E-state index in [2.05, 4.69) is 26.8 Å². The van der Waals surface area contributed by atoms with Crippen molar-refractivity contribution >= 4 is 0 Å². The standard InChI is InChI=1S/C14H26O/c1-5-12(15)7-9-14-11(4)6-8-13(14)10(2)3/h7,9-15H,5-6,8H2,1-4H3/b9-7-. The minimum atomic E-state index is -0.245. The van der Waals surface area contributed by atoms with E-state index < -0.39 is 0 Å². The van der Waals surface area contributed by atoms with Crippen LogP contribution in [-0.4, -0.2) is 11.2 Å². The molecular formula is C14H26O. The minimum Gasteiger partial charge on any atom is -0.389 e. The molecule has 4 atom stereocenters. The average Bonchev–Trinajstić information content (AvgIpc) is 2.56. The third kappa shape index (κ3) is 3.34. The van der Waals surface area contributed by atoms with E-state index in [0.717, 1.165) is 24.2 Å². The van der Waals surface area contributed by atoms with Gasteiger partial charge in [0.1, 0.15) is 0 Å². The first-order valence-electron chi connectivity index (χ1n) is 6.42. The fourth-order valence-corrected chi connectivity index (χ4v) is 2.77. The molecule has 15 heavy (non-hydrogen) atoms. The molecular weight excluding hydrogens is 184 g/mol. The molecule has 88 valence electrons. The summed E-state index contributed by atoms with van der Waals surface area (Å²) in [5.74, 6) is 3.06. The molecule has 1 N–H and O–H groups in total. The summed E-state index contributed by atoms with van der Waals surface area (Å²) in [6.07, 6.45) is 7.56. The molecule has 0 saturated heterocycles. The summed E-state index contributed by atoms with van der Waals surface area (Å²) >= 11 is 0. The molecule has 0 spiro atoms. The van der Waals surface area contributed by atoms with Crippen LogP contribution in [0.5, 0.6) is 0 Å². The van der Waals surface area contributed by atoms with Crippen LogP contribution < -0.4 is 0 Å². The molecule has 1 saturated carbocycles. The van der Waals surface area contributed by atoms with Gasteiger partial charge in [-0.3, -0.25) is 0 Å². The highest BCUT2D eigenvalue weighted by Crippen LogP contribution is 2.41. The molecule has 0 aliphatic heterocycles. The van der Waals surface area contributed by atoms with E-state index in [1.54, 1.807) is 0 Å². The lowest BCUT2D eigenvalue weighted by Gasteiger charge is -2.23. The summed E-state index contributed by atoms with van der Waals surface area (Å²) in [6, 6.07) is 0. The summed E-state index contributed by atoms with van der Waals surface area (Å²) in [7, 11) is 0. The van der Waals surface area contributed by atoms with Crippen molar-refractivity contribution in [2.75, 3.05) is 0 Å². The summed E-state index contributed by atoms with van der Waals surface area (Å²) in [6.45, 7) is 9.00. The first-order chi connectivity index (χ1) is 7.06. The van der Waals surface area contributed by atoms with Crippen molar-refractivity contribution in [3.63, 3.8) is 0 Å². The molecule has 4 unspecified atom stereocenters. The first-order valence-corrected chi connectivity index (χ1v) is 6.42. The van der Waals surface area contributed by atoms with Gasteiger partial charge in [-0.15, -0.1) is 0 Å². The van der Waals surface area contributed by atoms with Gasteiger partial charge in [-0.05, 0) is 42.9 Å². The van der Waals surface area contributed by atoms with Crippen LogP contribution in [-0.2, 0) is 0 Å². The van der Waals surface area contributed by atoms with E-state index in [0.29, 0.717) is 5.92 Å². The van der Waals surface area contributed by atoms with E-state index in [-0.39, 0.29) is 6.10 Å². The van der Waals surface area contributed by atoms with Gasteiger partial charge in [0.05, 0.1) is 6.10 Å². The first kappa shape index (κ1) is 12.8. The maximum absolute atomic E-state index is 9.54. The normalized spacial score (nSPS) is 34.1. The van der Waals surface area contributed by atoms with Gasteiger partial charge < -0.3 is 5.11 Å². The lowest BCUT2D eigenvalue weighted by molar-refractivity contribution is 0.216. The molecule has 1 aliphatic rings. The van der Waals surface area contributed by atoms with Crippen molar-refractivity contribution in [2.24, 2.45) is 23.7 Å². The monoisotopic (exact) mass is 210 g/mol. The molecule has 0 aromatic heterocycles. The second-order valence-corrected chi connectivity index (χ2v) is 5.40. The Hall–Kier alpha value is -0.300. The van der Waals surface area contributed by atoms with Crippen LogP contribution in [0.4, 0.5) is 0 Å². The number of hydrogen-bond acceptors (Lipinski definition) is 1. The molecule has 1 nitrogen and oxygen atoms in total. The van der Waals surface area contributed by atoms with E-state index in [4.69, 9.17) is 0 Å². The fourth-order valence-electron chi connectivity index (χ4n) is 2.77. The van der Waals surface area contributed by atoms with Crippen molar-refractivity contribution in [3.8, 4) is 0 Å². The zero-order valence-corrected chi connectivity index (χ0v) is 10.6. The van der Waals surface area contributed by atoms with Gasteiger partial charge in [-0.2, -0.15) is 0 Å². The minimum absolute atomic E-state index is 0.245. The lowest BCUT2D eigenvalue weighted by Crippen LogP contribution is -2.16. The maximum Gasteiger partial charge on any atom is 0.0718 e. The molecule has 1 aliphatic carbocycles. The Labute approximate surface area is 94.6 Å². The molecule has 0 aromatic carbocycles. The van der Waals surface area contributed by atoms with E-state index in [1.807, 2.05) is 13.0 Å². The second-order valence-electron chi connectivity index (χ2n) is 5.40. The van der Waals surface area contributed by atoms with Crippen LogP contribution in [0.1, 0.15) is 47.0 Å². The Balaban J connectivity index is 2.60. The number of aliphatic hydroxyl groups excluding tert-OH is 1. The van der Waals surface area contributed by atoms with Gasteiger partial charge in [-0.1, -0.05) is 39.8 Å². The summed E-state index contributed by atoms with van der Waals surface area (Å²) in [5, 5.41) is 9.54. The molecule has 0 aromatic rings. The predicted molar refractivity (Wildman–Crippen MR) is 65.7 cm³/mol. The number of hydrogen-bond donors (Lipinski definition) is 1. The highest BCUT2D eigenvalue weighted by atomic mass is 16.3. The average molecular weight is 210 g/mol. The Morgan fingerprint density at radius 3 is 2.53 bits per heavy atom. The van der Waals surface area contributed by atoms with Crippen molar-refractivity contribution in [1.82, 2.24) is 0 Å². The van der Waals surface area contributed by atoms with Crippen LogP contribution in [0.3, 0.4) is 0 Å². The van der Waals surface area contributed by atoms with Crippen LogP contribution >= 0.6 is 0 Å². The molecule has 1 fully saturated rings. The Kier molecular flexibility index (Phi) is 4.85.